The second-order valence-corrected chi connectivity index (χ2v) is 11.6. The number of nitrogens with one attached hydrogen (secondary N) is 2. The average Bonchev–Trinajstić information content (AvgIpc) is 3.40. The number of piperazine rings is 1. The van der Waals surface area contributed by atoms with Gasteiger partial charge in [-0.2, -0.15) is 0 Å². The Labute approximate surface area is 244 Å². The zero-order valence-corrected chi connectivity index (χ0v) is 23.6. The molecule has 2 aliphatic carbocycles. The minimum Gasteiger partial charge on any atom is -0.446 e. The molecule has 6 rings (SSSR count). The van der Waals surface area contributed by atoms with Crippen molar-refractivity contribution in [2.45, 2.75) is 75.6 Å². The fraction of sp³-hybridized carbons (Fsp3) is 0.469. The van der Waals surface area contributed by atoms with Crippen LogP contribution in [0.25, 0.3) is 11.3 Å². The molecular weight excluding hydrogens is 540 g/mol. The molecule has 2 amide bonds. The van der Waals surface area contributed by atoms with E-state index in [1.54, 1.807) is 11.2 Å². The predicted molar refractivity (Wildman–Crippen MR) is 154 cm³/mol. The minimum absolute atomic E-state index is 0.000222. The van der Waals surface area contributed by atoms with Crippen LogP contribution in [0, 0.1) is 11.6 Å². The predicted octanol–water partition coefficient (Wildman–Crippen LogP) is 5.25. The summed E-state index contributed by atoms with van der Waals surface area (Å²) in [5.41, 5.74) is 2.40. The molecule has 2 saturated carbocycles. The van der Waals surface area contributed by atoms with Crippen LogP contribution < -0.4 is 10.6 Å². The van der Waals surface area contributed by atoms with E-state index >= 15 is 0 Å². The van der Waals surface area contributed by atoms with Crippen molar-refractivity contribution in [3.63, 3.8) is 0 Å². The van der Waals surface area contributed by atoms with E-state index in [0.29, 0.717) is 43.0 Å². The molecule has 3 fully saturated rings. The molecule has 0 spiro atoms. The molecule has 3 aromatic rings. The van der Waals surface area contributed by atoms with E-state index in [9.17, 15) is 18.4 Å². The van der Waals surface area contributed by atoms with Crippen molar-refractivity contribution < 1.29 is 23.1 Å². The Morgan fingerprint density at radius 2 is 1.76 bits per heavy atom. The van der Waals surface area contributed by atoms with Crippen LogP contribution >= 0.6 is 0 Å². The van der Waals surface area contributed by atoms with Gasteiger partial charge in [0, 0.05) is 37.3 Å². The van der Waals surface area contributed by atoms with Gasteiger partial charge in [-0.05, 0) is 56.2 Å². The van der Waals surface area contributed by atoms with Crippen molar-refractivity contribution in [1.29, 1.82) is 0 Å². The van der Waals surface area contributed by atoms with Gasteiger partial charge < -0.3 is 24.8 Å². The Morgan fingerprint density at radius 3 is 2.50 bits per heavy atom. The number of imidazole rings is 1. The summed E-state index contributed by atoms with van der Waals surface area (Å²) in [5.74, 6) is -1.49. The number of carbonyl (C=O) groups is 2. The second kappa shape index (κ2) is 12.6. The monoisotopic (exact) mass is 577 g/mol. The lowest BCUT2D eigenvalue weighted by Crippen LogP contribution is -2.54. The molecule has 10 heteroatoms. The van der Waals surface area contributed by atoms with E-state index in [1.807, 2.05) is 30.3 Å². The number of amides is 2. The van der Waals surface area contributed by atoms with Gasteiger partial charge in [-0.3, -0.25) is 4.79 Å². The van der Waals surface area contributed by atoms with Gasteiger partial charge in [0.2, 0.25) is 0 Å². The van der Waals surface area contributed by atoms with Crippen LogP contribution in [-0.4, -0.2) is 64.3 Å². The Bertz CT molecular complexity index is 1390. The first kappa shape index (κ1) is 28.3. The van der Waals surface area contributed by atoms with Crippen molar-refractivity contribution in [2.75, 3.05) is 19.6 Å². The maximum Gasteiger partial charge on any atom is 0.407 e. The third-order valence-corrected chi connectivity index (χ3v) is 8.76. The molecule has 1 aliphatic heterocycles. The Balaban J connectivity index is 1.30. The van der Waals surface area contributed by atoms with Crippen molar-refractivity contribution in [3.8, 4) is 11.3 Å². The number of halogens is 2. The topological polar surface area (TPSA) is 88.5 Å². The van der Waals surface area contributed by atoms with Crippen LogP contribution in [0.2, 0.25) is 0 Å². The molecule has 1 aromatic heterocycles. The molecule has 2 N–H and O–H groups in total. The zero-order valence-electron chi connectivity index (χ0n) is 23.6. The Hall–Kier alpha value is -3.79. The van der Waals surface area contributed by atoms with Crippen LogP contribution in [0.15, 0.2) is 54.9 Å². The number of nitrogens with zero attached hydrogens (tertiary/aromatic N) is 3. The minimum atomic E-state index is -0.635. The number of alkyl carbamates (subject to hydrolysis) is 1. The fourth-order valence-corrected chi connectivity index (χ4v) is 6.44. The highest BCUT2D eigenvalue weighted by Gasteiger charge is 2.36. The smallest absolute Gasteiger partial charge is 0.407 e. The second-order valence-electron chi connectivity index (χ2n) is 11.6. The van der Waals surface area contributed by atoms with Gasteiger partial charge in [0.25, 0.3) is 5.91 Å². The molecular formula is C32H37F2N5O3. The maximum absolute atomic E-state index is 14.2. The van der Waals surface area contributed by atoms with Gasteiger partial charge in [0.05, 0.1) is 24.1 Å². The molecule has 2 heterocycles. The third kappa shape index (κ3) is 6.18. The first-order chi connectivity index (χ1) is 20.5. The van der Waals surface area contributed by atoms with Crippen LogP contribution in [0.1, 0.15) is 67.0 Å². The lowest BCUT2D eigenvalue weighted by atomic mass is 9.89. The van der Waals surface area contributed by atoms with Gasteiger partial charge in [-0.1, -0.05) is 43.2 Å². The van der Waals surface area contributed by atoms with Gasteiger partial charge in [0.15, 0.2) is 5.69 Å². The quantitative estimate of drug-likeness (QED) is 0.401. The number of ether oxygens (including phenoxy) is 1. The van der Waals surface area contributed by atoms with Crippen molar-refractivity contribution >= 4 is 12.0 Å². The van der Waals surface area contributed by atoms with E-state index in [0.717, 1.165) is 56.6 Å². The van der Waals surface area contributed by atoms with Crippen LogP contribution in [0.3, 0.4) is 0 Å². The lowest BCUT2D eigenvalue weighted by molar-refractivity contribution is 0.0474. The Morgan fingerprint density at radius 1 is 1.00 bits per heavy atom. The fourth-order valence-electron chi connectivity index (χ4n) is 6.44. The molecule has 8 nitrogen and oxygen atoms in total. The highest BCUT2D eigenvalue weighted by molar-refractivity contribution is 5.98. The standard InChI is InChI=1S/C32H37F2N5O3/c33-23-15-21(16-24(34)18-23)17-25-19-35-13-14-38(25)31(40)29-30(22-7-2-1-3-8-22)39(20-36-29)28-12-5-4-11-27(28)37-32(41)42-26-9-6-10-26/h1-3,7-8,15-16,18,20,25-28,35H,4-6,9-14,17,19H2,(H,37,41)/t25-,27?,28+/m1/s1. The normalized spacial score (nSPS) is 22.8. The van der Waals surface area contributed by atoms with Crippen molar-refractivity contribution in [2.24, 2.45) is 0 Å². The lowest BCUT2D eigenvalue weighted by Gasteiger charge is -2.37. The highest BCUT2D eigenvalue weighted by atomic mass is 19.1. The Kier molecular flexibility index (Phi) is 8.51. The molecule has 42 heavy (non-hydrogen) atoms. The largest absolute Gasteiger partial charge is 0.446 e. The van der Waals surface area contributed by atoms with Gasteiger partial charge in [-0.25, -0.2) is 18.6 Å². The van der Waals surface area contributed by atoms with Crippen LogP contribution in [-0.2, 0) is 11.2 Å². The number of benzene rings is 2. The average molecular weight is 578 g/mol. The van der Waals surface area contributed by atoms with Crippen molar-refractivity contribution in [1.82, 2.24) is 25.1 Å². The summed E-state index contributed by atoms with van der Waals surface area (Å²) in [6.45, 7) is 1.56. The summed E-state index contributed by atoms with van der Waals surface area (Å²) in [6, 6.07) is 12.7. The number of rotatable bonds is 7. The zero-order chi connectivity index (χ0) is 29.1. The number of carbonyl (C=O) groups excluding carboxylic acids is 2. The van der Waals surface area contributed by atoms with E-state index in [2.05, 4.69) is 20.2 Å². The first-order valence-electron chi connectivity index (χ1n) is 15.0. The number of aromatic nitrogens is 2. The van der Waals surface area contributed by atoms with Gasteiger partial charge in [0.1, 0.15) is 17.7 Å². The van der Waals surface area contributed by atoms with E-state index in [-0.39, 0.29) is 36.2 Å². The van der Waals surface area contributed by atoms with Crippen LogP contribution in [0.5, 0.6) is 0 Å². The molecule has 3 atom stereocenters. The molecule has 222 valence electrons. The summed E-state index contributed by atoms with van der Waals surface area (Å²) >= 11 is 0. The van der Waals surface area contributed by atoms with Crippen molar-refractivity contribution in [3.05, 3.63) is 77.8 Å². The summed E-state index contributed by atoms with van der Waals surface area (Å²) in [6.07, 6.45) is 8.19. The van der Waals surface area contributed by atoms with E-state index in [4.69, 9.17) is 4.74 Å². The van der Waals surface area contributed by atoms with Gasteiger partial charge >= 0.3 is 6.09 Å². The molecule has 0 radical (unpaired) electrons. The van der Waals surface area contributed by atoms with Gasteiger partial charge in [-0.15, -0.1) is 0 Å². The van der Waals surface area contributed by atoms with E-state index < -0.39 is 11.6 Å². The number of hydrogen-bond donors (Lipinski definition) is 2. The summed E-state index contributed by atoms with van der Waals surface area (Å²) in [7, 11) is 0. The van der Waals surface area contributed by atoms with Crippen LogP contribution in [0.4, 0.5) is 13.6 Å². The third-order valence-electron chi connectivity index (χ3n) is 8.76. The molecule has 2 aromatic carbocycles. The number of hydrogen-bond acceptors (Lipinski definition) is 5. The maximum atomic E-state index is 14.2. The summed E-state index contributed by atoms with van der Waals surface area (Å²) in [5, 5.41) is 6.43. The molecule has 1 unspecified atom stereocenters. The first-order valence-corrected chi connectivity index (χ1v) is 15.0. The molecule has 3 aliphatic rings. The summed E-state index contributed by atoms with van der Waals surface area (Å²) < 4.78 is 35.5. The summed E-state index contributed by atoms with van der Waals surface area (Å²) in [4.78, 5) is 33.4. The highest BCUT2D eigenvalue weighted by Crippen LogP contribution is 2.35. The molecule has 0 bridgehead atoms. The molecule has 1 saturated heterocycles. The van der Waals surface area contributed by atoms with E-state index in [1.165, 1.54) is 12.1 Å². The SMILES string of the molecule is O=C(NC1CCCC[C@@H]1n1cnc(C(=O)N2CCNC[C@H]2Cc2cc(F)cc(F)c2)c1-c1ccccc1)OC1CCC1.